The maximum absolute atomic E-state index is 11.9. The maximum Gasteiger partial charge on any atom is 0.269 e. The lowest BCUT2D eigenvalue weighted by Crippen LogP contribution is -2.18. The Labute approximate surface area is 151 Å². The minimum Gasteiger partial charge on any atom is -0.496 e. The third kappa shape index (κ3) is 2.95. The van der Waals surface area contributed by atoms with Gasteiger partial charge >= 0.3 is 0 Å². The highest BCUT2D eigenvalue weighted by atomic mass is 16.5. The highest BCUT2D eigenvalue weighted by molar-refractivity contribution is 6.00. The number of amides is 1. The fourth-order valence-corrected chi connectivity index (χ4v) is 2.89. The zero-order valence-corrected chi connectivity index (χ0v) is 14.8. The molecule has 0 aliphatic carbocycles. The van der Waals surface area contributed by atoms with Crippen LogP contribution in [-0.2, 0) is 0 Å². The van der Waals surface area contributed by atoms with Crippen LogP contribution in [0.5, 0.6) is 5.75 Å². The van der Waals surface area contributed by atoms with Gasteiger partial charge in [0.25, 0.3) is 5.91 Å². The Morgan fingerprint density at radius 2 is 1.77 bits per heavy atom. The fourth-order valence-electron chi connectivity index (χ4n) is 2.89. The average Bonchev–Trinajstić information content (AvgIpc) is 2.63. The minimum absolute atomic E-state index is 0.0107. The molecule has 26 heavy (non-hydrogen) atoms. The highest BCUT2D eigenvalue weighted by Gasteiger charge is 2.21. The second-order valence-corrected chi connectivity index (χ2v) is 5.84. The lowest BCUT2D eigenvalue weighted by Gasteiger charge is -2.16. The van der Waals surface area contributed by atoms with Gasteiger partial charge in [0.2, 0.25) is 0 Å². The predicted molar refractivity (Wildman–Crippen MR) is 99.7 cm³/mol. The number of primary amides is 1. The van der Waals surface area contributed by atoms with Gasteiger partial charge in [-0.1, -0.05) is 6.07 Å². The molecule has 4 N–H and O–H groups in total. The summed E-state index contributed by atoms with van der Waals surface area (Å²) in [4.78, 5) is 24.8. The van der Waals surface area contributed by atoms with Crippen LogP contribution < -0.4 is 16.2 Å². The number of hydrogen-bond donors (Lipinski definition) is 2. The first-order chi connectivity index (χ1) is 12.4. The second kappa shape index (κ2) is 6.79. The summed E-state index contributed by atoms with van der Waals surface area (Å²) in [5, 5.41) is 0. The number of hydrogen-bond acceptors (Lipinski definition) is 6. The van der Waals surface area contributed by atoms with E-state index in [2.05, 4.69) is 15.0 Å². The van der Waals surface area contributed by atoms with Crippen LogP contribution in [0.2, 0.25) is 0 Å². The summed E-state index contributed by atoms with van der Waals surface area (Å²) in [6.07, 6.45) is 3.25. The number of ether oxygens (including phenoxy) is 1. The van der Waals surface area contributed by atoms with E-state index in [-0.39, 0.29) is 11.4 Å². The summed E-state index contributed by atoms with van der Waals surface area (Å²) in [6, 6.07) is 7.31. The number of carbonyl (C=O) groups is 1. The number of nitrogen functional groups attached to an aromatic ring is 1. The standard InChI is InChI=1S/C19H19N5O2/c1-10-4-5-13(26-3)11(2)14(10)16-15(20)17(18(21)25)24-19(23-16)12-6-8-22-9-7-12/h4-9H,20H2,1-3H3,(H2,21,25). The SMILES string of the molecule is COc1ccc(C)c(-c2nc(-c3ccncc3)nc(C(N)=O)c2N)c1C. The number of aryl methyl sites for hydroxylation is 1. The molecule has 2 heterocycles. The first kappa shape index (κ1) is 17.3. The zero-order chi connectivity index (χ0) is 18.8. The van der Waals surface area contributed by atoms with E-state index in [1.54, 1.807) is 31.6 Å². The highest BCUT2D eigenvalue weighted by Crippen LogP contribution is 2.36. The molecule has 7 nitrogen and oxygen atoms in total. The molecule has 1 amide bonds. The molecule has 2 aromatic heterocycles. The Morgan fingerprint density at radius 3 is 2.38 bits per heavy atom. The number of benzene rings is 1. The van der Waals surface area contributed by atoms with E-state index < -0.39 is 5.91 Å². The van der Waals surface area contributed by atoms with Crippen molar-refractivity contribution in [2.75, 3.05) is 12.8 Å². The molecule has 0 saturated carbocycles. The smallest absolute Gasteiger partial charge is 0.269 e. The van der Waals surface area contributed by atoms with E-state index >= 15 is 0 Å². The topological polar surface area (TPSA) is 117 Å². The number of rotatable bonds is 4. The third-order valence-electron chi connectivity index (χ3n) is 4.20. The molecular formula is C19H19N5O2. The van der Waals surface area contributed by atoms with Crippen LogP contribution in [0.25, 0.3) is 22.6 Å². The summed E-state index contributed by atoms with van der Waals surface area (Å²) >= 11 is 0. The molecule has 0 fully saturated rings. The van der Waals surface area contributed by atoms with E-state index in [0.717, 1.165) is 16.7 Å². The van der Waals surface area contributed by atoms with E-state index in [9.17, 15) is 4.79 Å². The molecule has 0 aliphatic heterocycles. The van der Waals surface area contributed by atoms with Crippen molar-refractivity contribution in [1.82, 2.24) is 15.0 Å². The number of anilines is 1. The van der Waals surface area contributed by atoms with Crippen molar-refractivity contribution >= 4 is 11.6 Å². The van der Waals surface area contributed by atoms with Crippen LogP contribution in [0, 0.1) is 13.8 Å². The Balaban J connectivity index is 2.35. The minimum atomic E-state index is -0.709. The molecule has 0 atom stereocenters. The van der Waals surface area contributed by atoms with Crippen molar-refractivity contribution in [3.63, 3.8) is 0 Å². The summed E-state index contributed by atoms with van der Waals surface area (Å²) < 4.78 is 5.41. The Kier molecular flexibility index (Phi) is 4.53. The summed E-state index contributed by atoms with van der Waals surface area (Å²) in [7, 11) is 1.60. The van der Waals surface area contributed by atoms with Crippen molar-refractivity contribution in [2.24, 2.45) is 5.73 Å². The van der Waals surface area contributed by atoms with Gasteiger partial charge in [-0.2, -0.15) is 0 Å². The molecule has 0 saturated heterocycles. The van der Waals surface area contributed by atoms with Gasteiger partial charge in [-0.3, -0.25) is 9.78 Å². The first-order valence-electron chi connectivity index (χ1n) is 7.96. The molecule has 0 bridgehead atoms. The number of nitrogens with two attached hydrogens (primary N) is 2. The number of nitrogens with zero attached hydrogens (tertiary/aromatic N) is 3. The van der Waals surface area contributed by atoms with E-state index in [0.29, 0.717) is 22.8 Å². The largest absolute Gasteiger partial charge is 0.496 e. The molecule has 3 aromatic rings. The fraction of sp³-hybridized carbons (Fsp3) is 0.158. The van der Waals surface area contributed by atoms with Crippen molar-refractivity contribution in [3.05, 3.63) is 53.5 Å². The van der Waals surface area contributed by atoms with Gasteiger partial charge in [0.15, 0.2) is 11.5 Å². The monoisotopic (exact) mass is 349 g/mol. The summed E-state index contributed by atoms with van der Waals surface area (Å²) in [5.41, 5.74) is 15.6. The number of pyridine rings is 1. The van der Waals surface area contributed by atoms with Crippen molar-refractivity contribution in [1.29, 1.82) is 0 Å². The maximum atomic E-state index is 11.9. The normalized spacial score (nSPS) is 10.6. The Morgan fingerprint density at radius 1 is 1.08 bits per heavy atom. The first-order valence-corrected chi connectivity index (χ1v) is 7.96. The van der Waals surface area contributed by atoms with E-state index in [1.807, 2.05) is 26.0 Å². The van der Waals surface area contributed by atoms with Crippen molar-refractivity contribution in [2.45, 2.75) is 13.8 Å². The zero-order valence-electron chi connectivity index (χ0n) is 14.8. The Hall–Kier alpha value is -3.48. The van der Waals surface area contributed by atoms with Crippen LogP contribution in [0.15, 0.2) is 36.7 Å². The van der Waals surface area contributed by atoms with Crippen molar-refractivity contribution in [3.8, 4) is 28.4 Å². The number of aromatic nitrogens is 3. The molecule has 132 valence electrons. The number of methoxy groups -OCH3 is 1. The Bertz CT molecular complexity index is 987. The summed E-state index contributed by atoms with van der Waals surface area (Å²) in [5.74, 6) is 0.348. The lowest BCUT2D eigenvalue weighted by molar-refractivity contribution is 0.0996. The van der Waals surface area contributed by atoms with Gasteiger partial charge in [0.1, 0.15) is 5.75 Å². The van der Waals surface area contributed by atoms with Gasteiger partial charge in [-0.25, -0.2) is 9.97 Å². The molecule has 0 unspecified atom stereocenters. The van der Waals surface area contributed by atoms with Gasteiger partial charge in [-0.15, -0.1) is 0 Å². The van der Waals surface area contributed by atoms with Crippen LogP contribution in [0.3, 0.4) is 0 Å². The van der Waals surface area contributed by atoms with Gasteiger partial charge in [0, 0.05) is 29.1 Å². The van der Waals surface area contributed by atoms with Gasteiger partial charge < -0.3 is 16.2 Å². The molecule has 0 radical (unpaired) electrons. The average molecular weight is 349 g/mol. The van der Waals surface area contributed by atoms with E-state index in [4.69, 9.17) is 16.2 Å². The molecule has 0 spiro atoms. The molecule has 1 aromatic carbocycles. The molecule has 0 aliphatic rings. The van der Waals surface area contributed by atoms with Gasteiger partial charge in [0.05, 0.1) is 18.5 Å². The summed E-state index contributed by atoms with van der Waals surface area (Å²) in [6.45, 7) is 3.86. The van der Waals surface area contributed by atoms with Crippen LogP contribution in [0.4, 0.5) is 5.69 Å². The van der Waals surface area contributed by atoms with Crippen molar-refractivity contribution < 1.29 is 9.53 Å². The van der Waals surface area contributed by atoms with Gasteiger partial charge in [-0.05, 0) is 37.6 Å². The molecular weight excluding hydrogens is 330 g/mol. The van der Waals surface area contributed by atoms with Crippen LogP contribution >= 0.6 is 0 Å². The van der Waals surface area contributed by atoms with Crippen LogP contribution in [0.1, 0.15) is 21.6 Å². The second-order valence-electron chi connectivity index (χ2n) is 5.84. The quantitative estimate of drug-likeness (QED) is 0.747. The predicted octanol–water partition coefficient (Wildman–Crippen LogP) is 2.51. The molecule has 7 heteroatoms. The third-order valence-corrected chi connectivity index (χ3v) is 4.20. The van der Waals surface area contributed by atoms with E-state index in [1.165, 1.54) is 0 Å². The molecule has 3 rings (SSSR count). The van der Waals surface area contributed by atoms with Crippen LogP contribution in [-0.4, -0.2) is 28.0 Å². The number of carbonyl (C=O) groups excluding carboxylic acids is 1. The lowest BCUT2D eigenvalue weighted by atomic mass is 9.97.